The standard InChI is InChI=1S/C21H40O4/c1-4-5-6-7-8-9-13-16-19(20(22)23)17-14-11-10-12-15-18(2)21(24)25-3/h18-19H,4-17H2,1-3H3,(H,22,23). The first kappa shape index (κ1) is 23.9. The quantitative estimate of drug-likeness (QED) is 0.257. The van der Waals surface area contributed by atoms with E-state index in [-0.39, 0.29) is 17.8 Å². The first-order valence-electron chi connectivity index (χ1n) is 10.3. The summed E-state index contributed by atoms with van der Waals surface area (Å²) >= 11 is 0. The second-order valence-electron chi connectivity index (χ2n) is 7.36. The van der Waals surface area contributed by atoms with Crippen LogP contribution < -0.4 is 0 Å². The number of hydrogen-bond acceptors (Lipinski definition) is 3. The van der Waals surface area contributed by atoms with Gasteiger partial charge in [-0.1, -0.05) is 84.5 Å². The van der Waals surface area contributed by atoms with Gasteiger partial charge < -0.3 is 9.84 Å². The number of carboxylic acids is 1. The number of carbonyl (C=O) groups is 2. The predicted molar refractivity (Wildman–Crippen MR) is 103 cm³/mol. The zero-order valence-electron chi connectivity index (χ0n) is 16.7. The number of ether oxygens (including phenoxy) is 1. The van der Waals surface area contributed by atoms with Gasteiger partial charge in [-0.2, -0.15) is 0 Å². The topological polar surface area (TPSA) is 63.6 Å². The number of esters is 1. The highest BCUT2D eigenvalue weighted by molar-refractivity contribution is 5.71. The molecule has 148 valence electrons. The van der Waals surface area contributed by atoms with E-state index >= 15 is 0 Å². The fraction of sp³-hybridized carbons (Fsp3) is 0.905. The van der Waals surface area contributed by atoms with Crippen LogP contribution in [0.25, 0.3) is 0 Å². The van der Waals surface area contributed by atoms with Gasteiger partial charge in [0.25, 0.3) is 0 Å². The van der Waals surface area contributed by atoms with E-state index in [4.69, 9.17) is 4.74 Å². The van der Waals surface area contributed by atoms with Crippen LogP contribution in [-0.4, -0.2) is 24.2 Å². The van der Waals surface area contributed by atoms with Gasteiger partial charge in [-0.25, -0.2) is 0 Å². The molecule has 0 saturated carbocycles. The van der Waals surface area contributed by atoms with E-state index in [1.54, 1.807) is 0 Å². The average Bonchev–Trinajstić information content (AvgIpc) is 2.60. The van der Waals surface area contributed by atoms with Crippen molar-refractivity contribution in [1.82, 2.24) is 0 Å². The minimum absolute atomic E-state index is 0.0332. The maximum atomic E-state index is 11.4. The second-order valence-corrected chi connectivity index (χ2v) is 7.36. The molecule has 0 radical (unpaired) electrons. The predicted octanol–water partition coefficient (Wildman–Crippen LogP) is 5.98. The van der Waals surface area contributed by atoms with Crippen molar-refractivity contribution in [3.05, 3.63) is 0 Å². The van der Waals surface area contributed by atoms with Crippen molar-refractivity contribution in [2.45, 2.75) is 104 Å². The van der Waals surface area contributed by atoms with Crippen LogP contribution in [0, 0.1) is 11.8 Å². The number of carbonyl (C=O) groups excluding carboxylic acids is 1. The Bertz CT molecular complexity index is 341. The molecular formula is C21H40O4. The Hall–Kier alpha value is -1.06. The van der Waals surface area contributed by atoms with Crippen molar-refractivity contribution in [2.24, 2.45) is 11.8 Å². The fourth-order valence-corrected chi connectivity index (χ4v) is 3.25. The number of rotatable bonds is 17. The van der Waals surface area contributed by atoms with Crippen LogP contribution in [0.3, 0.4) is 0 Å². The Labute approximate surface area is 154 Å². The van der Waals surface area contributed by atoms with Crippen LogP contribution in [0.2, 0.25) is 0 Å². The summed E-state index contributed by atoms with van der Waals surface area (Å²) in [7, 11) is 1.43. The number of carboxylic acid groups (broad SMARTS) is 1. The third-order valence-corrected chi connectivity index (χ3v) is 5.05. The SMILES string of the molecule is CCCCCCCCCC(CCCCCCC(C)C(=O)OC)C(=O)O. The Kier molecular flexibility index (Phi) is 15.7. The van der Waals surface area contributed by atoms with Gasteiger partial charge in [0.15, 0.2) is 0 Å². The van der Waals surface area contributed by atoms with Crippen molar-refractivity contribution < 1.29 is 19.4 Å². The molecule has 25 heavy (non-hydrogen) atoms. The number of aliphatic carboxylic acids is 1. The molecule has 0 aromatic carbocycles. The van der Waals surface area contributed by atoms with Gasteiger partial charge in [0.1, 0.15) is 0 Å². The Morgan fingerprint density at radius 2 is 1.24 bits per heavy atom. The molecule has 0 aromatic rings. The summed E-state index contributed by atoms with van der Waals surface area (Å²) in [4.78, 5) is 22.7. The molecule has 4 nitrogen and oxygen atoms in total. The molecule has 0 rings (SSSR count). The normalized spacial score (nSPS) is 13.4. The van der Waals surface area contributed by atoms with Gasteiger partial charge in [-0.3, -0.25) is 9.59 Å². The van der Waals surface area contributed by atoms with Gasteiger partial charge in [0, 0.05) is 0 Å². The summed E-state index contributed by atoms with van der Waals surface area (Å²) in [6.07, 6.45) is 15.2. The van der Waals surface area contributed by atoms with Crippen molar-refractivity contribution in [2.75, 3.05) is 7.11 Å². The molecule has 1 N–H and O–H groups in total. The van der Waals surface area contributed by atoms with Gasteiger partial charge in [-0.05, 0) is 19.3 Å². The Balaban J connectivity index is 3.66. The first-order chi connectivity index (χ1) is 12.0. The van der Waals surface area contributed by atoms with E-state index in [1.807, 2.05) is 6.92 Å². The number of hydrogen-bond donors (Lipinski definition) is 1. The number of unbranched alkanes of at least 4 members (excludes halogenated alkanes) is 9. The average molecular weight is 357 g/mol. The fourth-order valence-electron chi connectivity index (χ4n) is 3.25. The van der Waals surface area contributed by atoms with Crippen molar-refractivity contribution in [1.29, 1.82) is 0 Å². The van der Waals surface area contributed by atoms with Gasteiger partial charge >= 0.3 is 11.9 Å². The molecule has 0 spiro atoms. The van der Waals surface area contributed by atoms with E-state index in [0.29, 0.717) is 0 Å². The van der Waals surface area contributed by atoms with E-state index in [0.717, 1.165) is 51.4 Å². The maximum absolute atomic E-state index is 11.4. The lowest BCUT2D eigenvalue weighted by atomic mass is 9.94. The van der Waals surface area contributed by atoms with E-state index < -0.39 is 5.97 Å². The lowest BCUT2D eigenvalue weighted by Crippen LogP contribution is -2.13. The molecule has 0 aromatic heterocycles. The largest absolute Gasteiger partial charge is 0.481 e. The summed E-state index contributed by atoms with van der Waals surface area (Å²) < 4.78 is 4.72. The molecule has 0 bridgehead atoms. The van der Waals surface area contributed by atoms with Crippen LogP contribution >= 0.6 is 0 Å². The lowest BCUT2D eigenvalue weighted by Gasteiger charge is -2.12. The summed E-state index contributed by atoms with van der Waals surface area (Å²) in [5.74, 6) is -0.982. The molecule has 0 aliphatic rings. The zero-order chi connectivity index (χ0) is 18.9. The van der Waals surface area contributed by atoms with E-state index in [9.17, 15) is 14.7 Å². The molecule has 0 fully saturated rings. The summed E-state index contributed by atoms with van der Waals surface area (Å²) in [5, 5.41) is 9.36. The monoisotopic (exact) mass is 356 g/mol. The summed E-state index contributed by atoms with van der Waals surface area (Å²) in [6.45, 7) is 4.12. The molecule has 0 heterocycles. The van der Waals surface area contributed by atoms with Gasteiger partial charge in [-0.15, -0.1) is 0 Å². The molecule has 2 atom stereocenters. The molecule has 0 amide bonds. The minimum atomic E-state index is -0.634. The lowest BCUT2D eigenvalue weighted by molar-refractivity contribution is -0.145. The maximum Gasteiger partial charge on any atom is 0.308 e. The molecule has 0 saturated heterocycles. The highest BCUT2D eigenvalue weighted by Gasteiger charge is 2.16. The van der Waals surface area contributed by atoms with Crippen molar-refractivity contribution >= 4 is 11.9 Å². The molecule has 2 unspecified atom stereocenters. The van der Waals surface area contributed by atoms with Gasteiger partial charge in [0.2, 0.25) is 0 Å². The third-order valence-electron chi connectivity index (χ3n) is 5.05. The van der Waals surface area contributed by atoms with Crippen molar-refractivity contribution in [3.63, 3.8) is 0 Å². The van der Waals surface area contributed by atoms with E-state index in [2.05, 4.69) is 6.92 Å². The molecule has 0 aliphatic carbocycles. The van der Waals surface area contributed by atoms with Crippen LogP contribution in [0.4, 0.5) is 0 Å². The van der Waals surface area contributed by atoms with Crippen LogP contribution in [0.15, 0.2) is 0 Å². The van der Waals surface area contributed by atoms with Crippen molar-refractivity contribution in [3.8, 4) is 0 Å². The molecular weight excluding hydrogens is 316 g/mol. The van der Waals surface area contributed by atoms with Crippen LogP contribution in [0.1, 0.15) is 104 Å². The molecule has 4 heteroatoms. The third kappa shape index (κ3) is 13.9. The Morgan fingerprint density at radius 3 is 1.68 bits per heavy atom. The van der Waals surface area contributed by atoms with Crippen LogP contribution in [0.5, 0.6) is 0 Å². The Morgan fingerprint density at radius 1 is 0.800 bits per heavy atom. The highest BCUT2D eigenvalue weighted by atomic mass is 16.5. The molecule has 0 aliphatic heterocycles. The summed E-state index contributed by atoms with van der Waals surface area (Å²) in [6, 6.07) is 0. The zero-order valence-corrected chi connectivity index (χ0v) is 16.7. The smallest absolute Gasteiger partial charge is 0.308 e. The summed E-state index contributed by atoms with van der Waals surface area (Å²) in [5.41, 5.74) is 0. The highest BCUT2D eigenvalue weighted by Crippen LogP contribution is 2.20. The van der Waals surface area contributed by atoms with Crippen LogP contribution in [-0.2, 0) is 14.3 Å². The second kappa shape index (κ2) is 16.4. The number of methoxy groups -OCH3 is 1. The van der Waals surface area contributed by atoms with E-state index in [1.165, 1.54) is 45.6 Å². The van der Waals surface area contributed by atoms with Gasteiger partial charge in [0.05, 0.1) is 18.9 Å². The minimum Gasteiger partial charge on any atom is -0.481 e. The first-order valence-corrected chi connectivity index (χ1v) is 10.3.